The molecule has 2 heterocycles. The summed E-state index contributed by atoms with van der Waals surface area (Å²) >= 11 is 1.30. The predicted octanol–water partition coefficient (Wildman–Crippen LogP) is 3.35. The Hall–Kier alpha value is -2.15. The second-order valence-electron chi connectivity index (χ2n) is 6.27. The van der Waals surface area contributed by atoms with Crippen LogP contribution in [0.1, 0.15) is 40.9 Å². The molecule has 0 bridgehead atoms. The average molecular weight is 348 g/mol. The fourth-order valence-corrected chi connectivity index (χ4v) is 3.52. The number of furan rings is 1. The number of thiazole rings is 1. The predicted molar refractivity (Wildman–Crippen MR) is 90.1 cm³/mol. The minimum atomic E-state index is -0.888. The van der Waals surface area contributed by atoms with Gasteiger partial charge in [0.05, 0.1) is 11.6 Å². The zero-order chi connectivity index (χ0) is 17.4. The SMILES string of the molecule is Cc1ccc(-c2nc(C)c(C(=O)N(CC(C)C(=O)O)C3CC3)s2)o1. The first-order valence-electron chi connectivity index (χ1n) is 7.95. The van der Waals surface area contributed by atoms with Crippen LogP contribution in [0.15, 0.2) is 16.5 Å². The largest absolute Gasteiger partial charge is 0.481 e. The maximum Gasteiger partial charge on any atom is 0.308 e. The van der Waals surface area contributed by atoms with Crippen molar-refractivity contribution in [3.8, 4) is 10.8 Å². The summed E-state index contributed by atoms with van der Waals surface area (Å²) < 4.78 is 5.58. The molecule has 1 amide bonds. The Balaban J connectivity index is 1.85. The Morgan fingerprint density at radius 2 is 2.12 bits per heavy atom. The number of carboxylic acids is 1. The first-order chi connectivity index (χ1) is 11.4. The maximum absolute atomic E-state index is 12.9. The molecule has 1 saturated carbocycles. The van der Waals surface area contributed by atoms with Crippen molar-refractivity contribution in [2.24, 2.45) is 5.92 Å². The number of hydrogen-bond donors (Lipinski definition) is 1. The molecule has 128 valence electrons. The van der Waals surface area contributed by atoms with Gasteiger partial charge < -0.3 is 14.4 Å². The van der Waals surface area contributed by atoms with Gasteiger partial charge in [-0.1, -0.05) is 6.92 Å². The number of carbonyl (C=O) groups is 2. The molecule has 3 rings (SSSR count). The van der Waals surface area contributed by atoms with Gasteiger partial charge >= 0.3 is 5.97 Å². The highest BCUT2D eigenvalue weighted by Gasteiger charge is 2.36. The van der Waals surface area contributed by atoms with Crippen LogP contribution in [0.25, 0.3) is 10.8 Å². The molecule has 0 aliphatic heterocycles. The third-order valence-corrected chi connectivity index (χ3v) is 5.24. The van der Waals surface area contributed by atoms with E-state index < -0.39 is 11.9 Å². The van der Waals surface area contributed by atoms with Gasteiger partial charge in [0.25, 0.3) is 5.91 Å². The van der Waals surface area contributed by atoms with Crippen molar-refractivity contribution < 1.29 is 19.1 Å². The highest BCUT2D eigenvalue weighted by Crippen LogP contribution is 2.34. The standard InChI is InChI=1S/C17H20N2O4S/c1-9(17(21)22)8-19(12-5-6-12)16(20)14-11(3)18-15(24-14)13-7-4-10(2)23-13/h4,7,9,12H,5-6,8H2,1-3H3,(H,21,22). The molecule has 1 unspecified atom stereocenters. The second-order valence-corrected chi connectivity index (χ2v) is 7.27. The lowest BCUT2D eigenvalue weighted by atomic mass is 10.1. The fourth-order valence-electron chi connectivity index (χ4n) is 2.54. The molecule has 1 fully saturated rings. The van der Waals surface area contributed by atoms with E-state index in [0.29, 0.717) is 21.3 Å². The fraction of sp³-hybridized carbons (Fsp3) is 0.471. The van der Waals surface area contributed by atoms with E-state index in [-0.39, 0.29) is 18.5 Å². The summed E-state index contributed by atoms with van der Waals surface area (Å²) in [6.45, 7) is 5.51. The van der Waals surface area contributed by atoms with Gasteiger partial charge in [0.1, 0.15) is 10.6 Å². The molecule has 1 N–H and O–H groups in total. The quantitative estimate of drug-likeness (QED) is 0.865. The number of carboxylic acid groups (broad SMARTS) is 1. The van der Waals surface area contributed by atoms with E-state index in [4.69, 9.17) is 9.52 Å². The van der Waals surface area contributed by atoms with Crippen LogP contribution in [0, 0.1) is 19.8 Å². The highest BCUT2D eigenvalue weighted by molar-refractivity contribution is 7.17. The Labute approximate surface area is 144 Å². The van der Waals surface area contributed by atoms with E-state index >= 15 is 0 Å². The molecule has 6 nitrogen and oxygen atoms in total. The molecule has 7 heteroatoms. The number of aryl methyl sites for hydroxylation is 2. The second kappa shape index (κ2) is 6.39. The molecule has 0 radical (unpaired) electrons. The Morgan fingerprint density at radius 1 is 1.42 bits per heavy atom. The van der Waals surface area contributed by atoms with Crippen molar-refractivity contribution in [2.75, 3.05) is 6.54 Å². The van der Waals surface area contributed by atoms with Crippen LogP contribution < -0.4 is 0 Å². The molecule has 0 aromatic carbocycles. The first kappa shape index (κ1) is 16.7. The number of aromatic nitrogens is 1. The summed E-state index contributed by atoms with van der Waals surface area (Å²) in [6.07, 6.45) is 1.86. The van der Waals surface area contributed by atoms with E-state index in [0.717, 1.165) is 18.6 Å². The number of rotatable bonds is 6. The van der Waals surface area contributed by atoms with Crippen LogP contribution in [-0.4, -0.2) is 39.5 Å². The van der Waals surface area contributed by atoms with Gasteiger partial charge in [-0.3, -0.25) is 9.59 Å². The van der Waals surface area contributed by atoms with Crippen molar-refractivity contribution in [3.05, 3.63) is 28.5 Å². The Kier molecular flexibility index (Phi) is 4.45. The van der Waals surface area contributed by atoms with E-state index in [1.165, 1.54) is 11.3 Å². The first-order valence-corrected chi connectivity index (χ1v) is 8.76. The van der Waals surface area contributed by atoms with E-state index in [1.54, 1.807) is 18.7 Å². The zero-order valence-corrected chi connectivity index (χ0v) is 14.7. The molecule has 2 aromatic rings. The zero-order valence-electron chi connectivity index (χ0n) is 13.9. The van der Waals surface area contributed by atoms with Crippen LogP contribution in [0.5, 0.6) is 0 Å². The number of carbonyl (C=O) groups excluding carboxylic acids is 1. The van der Waals surface area contributed by atoms with E-state index in [1.807, 2.05) is 19.1 Å². The summed E-state index contributed by atoms with van der Waals surface area (Å²) in [7, 11) is 0. The average Bonchev–Trinajstić information content (AvgIpc) is 3.16. The molecule has 24 heavy (non-hydrogen) atoms. The van der Waals surface area contributed by atoms with Gasteiger partial charge in [0, 0.05) is 12.6 Å². The molecular formula is C17H20N2O4S. The van der Waals surface area contributed by atoms with Crippen molar-refractivity contribution >= 4 is 23.2 Å². The molecule has 2 aromatic heterocycles. The molecule has 1 aliphatic carbocycles. The third kappa shape index (κ3) is 3.36. The number of amides is 1. The van der Waals surface area contributed by atoms with E-state index in [9.17, 15) is 9.59 Å². The van der Waals surface area contributed by atoms with Gasteiger partial charge in [-0.05, 0) is 38.8 Å². The van der Waals surface area contributed by atoms with Crippen LogP contribution in [-0.2, 0) is 4.79 Å². The van der Waals surface area contributed by atoms with Gasteiger partial charge in [-0.15, -0.1) is 11.3 Å². The van der Waals surface area contributed by atoms with Crippen molar-refractivity contribution in [1.82, 2.24) is 9.88 Å². The summed E-state index contributed by atoms with van der Waals surface area (Å²) in [5.41, 5.74) is 0.655. The van der Waals surface area contributed by atoms with Crippen molar-refractivity contribution in [3.63, 3.8) is 0 Å². The van der Waals surface area contributed by atoms with Gasteiger partial charge in [-0.2, -0.15) is 0 Å². The molecule has 0 spiro atoms. The van der Waals surface area contributed by atoms with E-state index in [2.05, 4.69) is 4.98 Å². The molecule has 1 aliphatic rings. The van der Waals surface area contributed by atoms with Crippen LogP contribution in [0.3, 0.4) is 0 Å². The summed E-state index contributed by atoms with van der Waals surface area (Å²) in [4.78, 5) is 30.8. The lowest BCUT2D eigenvalue weighted by Gasteiger charge is -2.23. The molecule has 0 saturated heterocycles. The number of aliphatic carboxylic acids is 1. The van der Waals surface area contributed by atoms with Gasteiger partial charge in [0.15, 0.2) is 10.8 Å². The lowest BCUT2D eigenvalue weighted by Crippen LogP contribution is -2.38. The minimum Gasteiger partial charge on any atom is -0.481 e. The van der Waals surface area contributed by atoms with Gasteiger partial charge in [-0.25, -0.2) is 4.98 Å². The minimum absolute atomic E-state index is 0.130. The highest BCUT2D eigenvalue weighted by atomic mass is 32.1. The summed E-state index contributed by atoms with van der Waals surface area (Å²) in [5, 5.41) is 9.81. The van der Waals surface area contributed by atoms with Crippen LogP contribution in [0.4, 0.5) is 0 Å². The smallest absolute Gasteiger partial charge is 0.308 e. The van der Waals surface area contributed by atoms with Crippen LogP contribution >= 0.6 is 11.3 Å². The van der Waals surface area contributed by atoms with Crippen molar-refractivity contribution in [2.45, 2.75) is 39.7 Å². The maximum atomic E-state index is 12.9. The normalized spacial score (nSPS) is 15.3. The lowest BCUT2D eigenvalue weighted by molar-refractivity contribution is -0.141. The van der Waals surface area contributed by atoms with Gasteiger partial charge in [0.2, 0.25) is 0 Å². The number of nitrogens with zero attached hydrogens (tertiary/aromatic N) is 2. The monoisotopic (exact) mass is 348 g/mol. The number of hydrogen-bond acceptors (Lipinski definition) is 5. The topological polar surface area (TPSA) is 83.6 Å². The Bertz CT molecular complexity index is 775. The Morgan fingerprint density at radius 3 is 2.67 bits per heavy atom. The van der Waals surface area contributed by atoms with Crippen molar-refractivity contribution in [1.29, 1.82) is 0 Å². The van der Waals surface area contributed by atoms with Crippen LogP contribution in [0.2, 0.25) is 0 Å². The summed E-state index contributed by atoms with van der Waals surface area (Å²) in [5.74, 6) is -0.163. The summed E-state index contributed by atoms with van der Waals surface area (Å²) in [6, 6.07) is 3.85. The molecular weight excluding hydrogens is 328 g/mol. The third-order valence-electron chi connectivity index (χ3n) is 4.08. The molecule has 1 atom stereocenters.